The second kappa shape index (κ2) is 12.3. The van der Waals surface area contributed by atoms with E-state index in [4.69, 9.17) is 13.0 Å². The number of nitrogens with zero attached hydrogens (tertiary/aromatic N) is 1. The molecule has 1 aliphatic carbocycles. The molecule has 0 radical (unpaired) electrons. The Balaban J connectivity index is 0.000000390. The van der Waals surface area contributed by atoms with E-state index in [9.17, 15) is 13.2 Å². The fourth-order valence-corrected chi connectivity index (χ4v) is 5.29. The van der Waals surface area contributed by atoms with Crippen LogP contribution in [0.5, 0.6) is 0 Å². The lowest BCUT2D eigenvalue weighted by molar-refractivity contribution is -0.593. The van der Waals surface area contributed by atoms with Gasteiger partial charge in [-0.15, -0.1) is 0 Å². The SMILES string of the molecule is O=S(=O)([O-])C(F)(F)F.c1ccc(-c2ccc(-[n+]3c(-c4ccccc4)cc(-c4ccccc4)c4c3CCCC4)cc2)cc1. The summed E-state index contributed by atoms with van der Waals surface area (Å²) in [7, 11) is -6.09. The lowest BCUT2D eigenvalue weighted by Gasteiger charge is -2.20. The van der Waals surface area contributed by atoms with Crippen LogP contribution < -0.4 is 4.57 Å². The summed E-state index contributed by atoms with van der Waals surface area (Å²) in [5.74, 6) is 0. The lowest BCUT2D eigenvalue weighted by atomic mass is 9.87. The number of aromatic nitrogens is 1. The van der Waals surface area contributed by atoms with E-state index in [2.05, 4.69) is 126 Å². The minimum Gasteiger partial charge on any atom is -0.741 e. The average Bonchev–Trinajstić information content (AvgIpc) is 3.01. The van der Waals surface area contributed by atoms with E-state index in [-0.39, 0.29) is 0 Å². The van der Waals surface area contributed by atoms with Gasteiger partial charge in [-0.3, -0.25) is 0 Å². The van der Waals surface area contributed by atoms with Gasteiger partial charge in [-0.1, -0.05) is 78.9 Å². The van der Waals surface area contributed by atoms with Crippen LogP contribution in [0.3, 0.4) is 0 Å². The summed E-state index contributed by atoms with van der Waals surface area (Å²) >= 11 is 0. The topological polar surface area (TPSA) is 61.1 Å². The predicted octanol–water partition coefficient (Wildman–Crippen LogP) is 7.89. The number of benzene rings is 4. The van der Waals surface area contributed by atoms with Gasteiger partial charge in [-0.05, 0) is 65.8 Å². The molecule has 0 N–H and O–H groups in total. The van der Waals surface area contributed by atoms with Crippen molar-refractivity contribution in [2.75, 3.05) is 0 Å². The van der Waals surface area contributed by atoms with Crippen molar-refractivity contribution >= 4 is 10.1 Å². The van der Waals surface area contributed by atoms with E-state index in [1.807, 2.05) is 0 Å². The van der Waals surface area contributed by atoms with Crippen LogP contribution in [0.25, 0.3) is 39.2 Å². The van der Waals surface area contributed by atoms with Crippen LogP contribution in [0.2, 0.25) is 0 Å². The minimum absolute atomic E-state index is 1.11. The predicted molar refractivity (Wildman–Crippen MR) is 157 cm³/mol. The number of rotatable bonds is 4. The Hall–Kier alpha value is -4.27. The molecule has 0 aliphatic heterocycles. The Labute approximate surface area is 243 Å². The van der Waals surface area contributed by atoms with Gasteiger partial charge in [0.2, 0.25) is 11.4 Å². The Kier molecular flexibility index (Phi) is 8.56. The van der Waals surface area contributed by atoms with Crippen LogP contribution in [0.15, 0.2) is 121 Å². The molecule has 8 heteroatoms. The van der Waals surface area contributed by atoms with E-state index in [1.165, 1.54) is 63.3 Å². The van der Waals surface area contributed by atoms with E-state index >= 15 is 0 Å². The standard InChI is InChI=1S/C33H28N.CHF3O3S/c1-4-12-25(13-5-1)26-20-22-29(23-21-26)34-32-19-11-10-18-30(32)31(27-14-6-2-7-15-27)24-33(34)28-16-8-3-9-17-28;2-1(3,4)8(5,6)7/h1-9,12-17,20-24H,10-11,18-19H2;(H,5,6,7)/q+1;/p-1. The first-order chi connectivity index (χ1) is 20.1. The summed E-state index contributed by atoms with van der Waals surface area (Å²) in [6, 6.07) is 43.8. The fourth-order valence-electron chi connectivity index (χ4n) is 5.29. The molecule has 0 saturated heterocycles. The summed E-state index contributed by atoms with van der Waals surface area (Å²) in [4.78, 5) is 0. The van der Waals surface area contributed by atoms with Gasteiger partial charge in [0.1, 0.15) is 0 Å². The molecule has 42 heavy (non-hydrogen) atoms. The van der Waals surface area contributed by atoms with Crippen molar-refractivity contribution in [1.29, 1.82) is 0 Å². The number of pyridine rings is 1. The molecule has 4 nitrogen and oxygen atoms in total. The van der Waals surface area contributed by atoms with Gasteiger partial charge in [-0.25, -0.2) is 8.42 Å². The highest BCUT2D eigenvalue weighted by Crippen LogP contribution is 2.34. The Morgan fingerprint density at radius 3 is 1.60 bits per heavy atom. The molecule has 6 rings (SSSR count). The second-order valence-corrected chi connectivity index (χ2v) is 11.3. The van der Waals surface area contributed by atoms with Crippen LogP contribution in [0, 0.1) is 0 Å². The molecule has 214 valence electrons. The van der Waals surface area contributed by atoms with Crippen molar-refractivity contribution in [3.8, 4) is 39.2 Å². The molecule has 0 bridgehead atoms. The van der Waals surface area contributed by atoms with Crippen LogP contribution >= 0.6 is 0 Å². The maximum absolute atomic E-state index is 10.7. The molecular formula is C34H28F3NO3S. The van der Waals surface area contributed by atoms with E-state index in [0.717, 1.165) is 12.8 Å². The molecule has 0 spiro atoms. The van der Waals surface area contributed by atoms with Gasteiger partial charge in [-0.2, -0.15) is 17.7 Å². The normalized spacial score (nSPS) is 13.0. The highest BCUT2D eigenvalue weighted by atomic mass is 32.2. The first kappa shape index (κ1) is 29.2. The van der Waals surface area contributed by atoms with Gasteiger partial charge in [0, 0.05) is 35.7 Å². The zero-order chi connectivity index (χ0) is 29.7. The second-order valence-electron chi connectivity index (χ2n) is 9.96. The van der Waals surface area contributed by atoms with Crippen molar-refractivity contribution in [2.45, 2.75) is 31.2 Å². The summed E-state index contributed by atoms with van der Waals surface area (Å²) in [6.07, 6.45) is 4.74. The molecule has 5 aromatic rings. The Morgan fingerprint density at radius 2 is 1.07 bits per heavy atom. The molecule has 1 heterocycles. The van der Waals surface area contributed by atoms with Gasteiger partial charge in [0.25, 0.3) is 0 Å². The first-order valence-corrected chi connectivity index (χ1v) is 14.9. The highest BCUT2D eigenvalue weighted by Gasteiger charge is 2.37. The average molecular weight is 588 g/mol. The molecule has 1 aromatic heterocycles. The largest absolute Gasteiger partial charge is 0.741 e. The number of hydrogen-bond donors (Lipinski definition) is 0. The van der Waals surface area contributed by atoms with Crippen molar-refractivity contribution < 1.29 is 30.7 Å². The molecule has 0 atom stereocenters. The number of fused-ring (bicyclic) bond motifs is 1. The molecule has 0 unspecified atom stereocenters. The zero-order valence-corrected chi connectivity index (χ0v) is 23.4. The molecule has 1 aliphatic rings. The van der Waals surface area contributed by atoms with Crippen molar-refractivity contribution in [3.63, 3.8) is 0 Å². The van der Waals surface area contributed by atoms with Crippen molar-refractivity contribution in [2.24, 2.45) is 0 Å². The summed E-state index contributed by atoms with van der Waals surface area (Å²) < 4.78 is 61.4. The van der Waals surface area contributed by atoms with Gasteiger partial charge in [0.15, 0.2) is 15.8 Å². The number of alkyl halides is 3. The highest BCUT2D eigenvalue weighted by molar-refractivity contribution is 7.86. The smallest absolute Gasteiger partial charge is 0.485 e. The third-order valence-corrected chi connectivity index (χ3v) is 7.79. The maximum atomic E-state index is 10.7. The lowest BCUT2D eigenvalue weighted by Crippen LogP contribution is -2.41. The maximum Gasteiger partial charge on any atom is 0.485 e. The van der Waals surface area contributed by atoms with Gasteiger partial charge >= 0.3 is 5.51 Å². The quantitative estimate of drug-likeness (QED) is 0.122. The monoisotopic (exact) mass is 587 g/mol. The number of halogens is 3. The zero-order valence-electron chi connectivity index (χ0n) is 22.6. The Morgan fingerprint density at radius 1 is 0.619 bits per heavy atom. The van der Waals surface area contributed by atoms with Gasteiger partial charge < -0.3 is 4.55 Å². The van der Waals surface area contributed by atoms with Crippen LogP contribution in [-0.2, 0) is 23.0 Å². The Bertz CT molecular complexity index is 1760. The molecule has 0 fully saturated rings. The molecule has 0 saturated carbocycles. The summed E-state index contributed by atoms with van der Waals surface area (Å²) in [5, 5.41) is 0. The van der Waals surface area contributed by atoms with E-state index in [1.54, 1.807) is 0 Å². The fraction of sp³-hybridized carbons (Fsp3) is 0.147. The van der Waals surface area contributed by atoms with Crippen LogP contribution in [-0.4, -0.2) is 18.5 Å². The third kappa shape index (κ3) is 6.45. The van der Waals surface area contributed by atoms with E-state index < -0.39 is 15.6 Å². The molecule has 0 amide bonds. The van der Waals surface area contributed by atoms with Crippen LogP contribution in [0.4, 0.5) is 13.2 Å². The molecular weight excluding hydrogens is 559 g/mol. The van der Waals surface area contributed by atoms with Crippen molar-refractivity contribution in [1.82, 2.24) is 0 Å². The summed E-state index contributed by atoms with van der Waals surface area (Å²) in [6.45, 7) is 0. The van der Waals surface area contributed by atoms with Crippen molar-refractivity contribution in [3.05, 3.63) is 133 Å². The third-order valence-electron chi connectivity index (χ3n) is 7.23. The summed E-state index contributed by atoms with van der Waals surface area (Å²) in [5.41, 5.74) is 6.25. The first-order valence-electron chi connectivity index (χ1n) is 13.5. The number of hydrogen-bond acceptors (Lipinski definition) is 3. The van der Waals surface area contributed by atoms with Gasteiger partial charge in [0.05, 0.1) is 0 Å². The minimum atomic E-state index is -6.09. The molecule has 4 aromatic carbocycles. The van der Waals surface area contributed by atoms with Crippen LogP contribution in [0.1, 0.15) is 24.1 Å². The van der Waals surface area contributed by atoms with E-state index in [0.29, 0.717) is 0 Å².